The molecule has 0 aliphatic rings. The van der Waals surface area contributed by atoms with Gasteiger partial charge in [-0.2, -0.15) is 0 Å². The van der Waals surface area contributed by atoms with Crippen LogP contribution in [0.5, 0.6) is 0 Å². The number of rotatable bonds is 5. The molecule has 7 heteroatoms. The quantitative estimate of drug-likeness (QED) is 0.609. The molecule has 1 rings (SSSR count). The first kappa shape index (κ1) is 14.2. The average molecular weight is 257 g/mol. The van der Waals surface area contributed by atoms with E-state index >= 15 is 0 Å². The minimum Gasteiger partial charge on any atom is -0.423 e. The lowest BCUT2D eigenvalue weighted by Crippen LogP contribution is -2.32. The number of hydrogen-bond donors (Lipinski definition) is 3. The van der Waals surface area contributed by atoms with Crippen LogP contribution in [0.15, 0.2) is 29.2 Å². The van der Waals surface area contributed by atoms with Crippen molar-refractivity contribution in [2.75, 3.05) is 6.54 Å². The fourth-order valence-corrected chi connectivity index (χ4v) is 2.47. The minimum atomic E-state index is -3.58. The summed E-state index contributed by atoms with van der Waals surface area (Å²) < 4.78 is 26.1. The molecule has 0 heterocycles. The first-order chi connectivity index (χ1) is 7.83. The summed E-state index contributed by atoms with van der Waals surface area (Å²) in [5.41, 5.74) is 0.150. The van der Waals surface area contributed by atoms with Gasteiger partial charge in [0.25, 0.3) is 0 Å². The van der Waals surface area contributed by atoms with Gasteiger partial charge in [-0.05, 0) is 23.5 Å². The largest absolute Gasteiger partial charge is 0.488 e. The van der Waals surface area contributed by atoms with Gasteiger partial charge in [0, 0.05) is 6.54 Å². The lowest BCUT2D eigenvalue weighted by atomic mass is 9.81. The first-order valence-electron chi connectivity index (χ1n) is 5.28. The van der Waals surface area contributed by atoms with E-state index in [0.717, 1.165) is 0 Å². The van der Waals surface area contributed by atoms with Crippen molar-refractivity contribution in [3.63, 3.8) is 0 Å². The van der Waals surface area contributed by atoms with Crippen LogP contribution in [-0.2, 0) is 10.0 Å². The summed E-state index contributed by atoms with van der Waals surface area (Å²) in [5.74, 6) is 0.205. The summed E-state index contributed by atoms with van der Waals surface area (Å²) in [6, 6.07) is 5.58. The molecule has 1 aromatic carbocycles. The molecule has 0 radical (unpaired) electrons. The zero-order valence-electron chi connectivity index (χ0n) is 9.79. The third-order valence-electron chi connectivity index (χ3n) is 2.15. The van der Waals surface area contributed by atoms with Crippen molar-refractivity contribution in [1.29, 1.82) is 0 Å². The van der Waals surface area contributed by atoms with Gasteiger partial charge in [0.05, 0.1) is 4.90 Å². The molecule has 0 atom stereocenters. The van der Waals surface area contributed by atoms with Crippen molar-refractivity contribution < 1.29 is 18.5 Å². The molecule has 0 fully saturated rings. The van der Waals surface area contributed by atoms with Crippen molar-refractivity contribution in [3.05, 3.63) is 24.3 Å². The molecule has 0 unspecified atom stereocenters. The maximum absolute atomic E-state index is 11.8. The Labute approximate surface area is 102 Å². The number of nitrogens with one attached hydrogen (secondary N) is 1. The molecule has 0 bridgehead atoms. The fraction of sp³-hybridized carbons (Fsp3) is 0.400. The standard InChI is InChI=1S/C10H16BNO4S/c1-8(2)7-12-17(15,16)10-5-3-4-9(6-10)11(13)14/h3-6,8,12-14H,7H2,1-2H3. The first-order valence-corrected chi connectivity index (χ1v) is 6.77. The smallest absolute Gasteiger partial charge is 0.423 e. The molecule has 0 spiro atoms. The van der Waals surface area contributed by atoms with Crippen LogP contribution in [-0.4, -0.2) is 32.1 Å². The van der Waals surface area contributed by atoms with E-state index in [1.807, 2.05) is 13.8 Å². The number of benzene rings is 1. The Morgan fingerprint density at radius 2 is 2.00 bits per heavy atom. The molecule has 0 aromatic heterocycles. The zero-order valence-corrected chi connectivity index (χ0v) is 10.6. The lowest BCUT2D eigenvalue weighted by Gasteiger charge is -2.09. The predicted octanol–water partition coefficient (Wildman–Crippen LogP) is -0.699. The van der Waals surface area contributed by atoms with Gasteiger partial charge < -0.3 is 10.0 Å². The fourth-order valence-electron chi connectivity index (χ4n) is 1.20. The summed E-state index contributed by atoms with van der Waals surface area (Å²) >= 11 is 0. The number of sulfonamides is 1. The molecule has 0 aliphatic heterocycles. The van der Waals surface area contributed by atoms with E-state index in [-0.39, 0.29) is 16.3 Å². The summed E-state index contributed by atoms with van der Waals surface area (Å²) in [7, 11) is -5.25. The normalized spacial score (nSPS) is 11.8. The van der Waals surface area contributed by atoms with Crippen molar-refractivity contribution in [1.82, 2.24) is 4.72 Å². The van der Waals surface area contributed by atoms with Gasteiger partial charge in [-0.15, -0.1) is 0 Å². The van der Waals surface area contributed by atoms with E-state index in [4.69, 9.17) is 10.0 Å². The molecule has 1 aromatic rings. The maximum atomic E-state index is 11.8. The highest BCUT2D eigenvalue weighted by Gasteiger charge is 2.17. The summed E-state index contributed by atoms with van der Waals surface area (Å²) in [4.78, 5) is 0.0313. The van der Waals surface area contributed by atoms with Crippen LogP contribution < -0.4 is 10.2 Å². The molecule has 5 nitrogen and oxygen atoms in total. The minimum absolute atomic E-state index is 0.0313. The van der Waals surface area contributed by atoms with Gasteiger partial charge in [-0.1, -0.05) is 26.0 Å². The molecule has 0 amide bonds. The summed E-state index contributed by atoms with van der Waals surface area (Å²) in [5, 5.41) is 17.9. The Bertz CT molecular complexity index is 473. The van der Waals surface area contributed by atoms with Gasteiger partial charge in [-0.25, -0.2) is 13.1 Å². The van der Waals surface area contributed by atoms with E-state index in [9.17, 15) is 8.42 Å². The molecular weight excluding hydrogens is 241 g/mol. The zero-order chi connectivity index (χ0) is 13.1. The Morgan fingerprint density at radius 1 is 1.35 bits per heavy atom. The maximum Gasteiger partial charge on any atom is 0.488 e. The highest BCUT2D eigenvalue weighted by Crippen LogP contribution is 2.06. The van der Waals surface area contributed by atoms with E-state index in [2.05, 4.69) is 4.72 Å². The lowest BCUT2D eigenvalue weighted by molar-refractivity contribution is 0.425. The number of hydrogen-bond acceptors (Lipinski definition) is 4. The van der Waals surface area contributed by atoms with Crippen LogP contribution in [0.4, 0.5) is 0 Å². The van der Waals surface area contributed by atoms with Crippen LogP contribution in [0, 0.1) is 5.92 Å². The average Bonchev–Trinajstić information content (AvgIpc) is 2.27. The Hall–Kier alpha value is -0.885. The van der Waals surface area contributed by atoms with Crippen molar-refractivity contribution in [2.45, 2.75) is 18.7 Å². The molecule has 0 saturated heterocycles. The highest BCUT2D eigenvalue weighted by atomic mass is 32.2. The predicted molar refractivity (Wildman–Crippen MR) is 66.3 cm³/mol. The van der Waals surface area contributed by atoms with Gasteiger partial charge >= 0.3 is 7.12 Å². The Balaban J connectivity index is 2.95. The molecule has 17 heavy (non-hydrogen) atoms. The molecule has 94 valence electrons. The highest BCUT2D eigenvalue weighted by molar-refractivity contribution is 7.89. The SMILES string of the molecule is CC(C)CNS(=O)(=O)c1cccc(B(O)O)c1. The Morgan fingerprint density at radius 3 is 2.53 bits per heavy atom. The van der Waals surface area contributed by atoms with E-state index in [0.29, 0.717) is 6.54 Å². The van der Waals surface area contributed by atoms with Crippen molar-refractivity contribution in [3.8, 4) is 0 Å². The van der Waals surface area contributed by atoms with Crippen LogP contribution in [0.3, 0.4) is 0 Å². The Kier molecular flexibility index (Phi) is 4.70. The molecule has 0 saturated carbocycles. The monoisotopic (exact) mass is 257 g/mol. The third-order valence-corrected chi connectivity index (χ3v) is 3.57. The van der Waals surface area contributed by atoms with Crippen molar-refractivity contribution in [2.24, 2.45) is 5.92 Å². The van der Waals surface area contributed by atoms with Crippen LogP contribution >= 0.6 is 0 Å². The van der Waals surface area contributed by atoms with E-state index in [1.54, 1.807) is 0 Å². The van der Waals surface area contributed by atoms with Crippen LogP contribution in [0.25, 0.3) is 0 Å². The second-order valence-corrected chi connectivity index (χ2v) is 5.96. The topological polar surface area (TPSA) is 86.6 Å². The molecular formula is C10H16BNO4S. The van der Waals surface area contributed by atoms with Crippen molar-refractivity contribution >= 4 is 22.6 Å². The van der Waals surface area contributed by atoms with Crippen LogP contribution in [0.2, 0.25) is 0 Å². The van der Waals surface area contributed by atoms with Gasteiger partial charge in [0.1, 0.15) is 0 Å². The second-order valence-electron chi connectivity index (χ2n) is 4.19. The summed E-state index contributed by atoms with van der Waals surface area (Å²) in [6.45, 7) is 4.14. The third kappa shape index (κ3) is 4.12. The van der Waals surface area contributed by atoms with Gasteiger partial charge in [0.15, 0.2) is 0 Å². The molecule has 0 aliphatic carbocycles. The molecule has 3 N–H and O–H groups in total. The second kappa shape index (κ2) is 5.64. The van der Waals surface area contributed by atoms with E-state index in [1.165, 1.54) is 24.3 Å². The van der Waals surface area contributed by atoms with Gasteiger partial charge in [-0.3, -0.25) is 0 Å². The van der Waals surface area contributed by atoms with E-state index < -0.39 is 17.1 Å². The van der Waals surface area contributed by atoms with Gasteiger partial charge in [0.2, 0.25) is 10.0 Å². The van der Waals surface area contributed by atoms with Crippen LogP contribution in [0.1, 0.15) is 13.8 Å². The summed E-state index contributed by atoms with van der Waals surface area (Å²) in [6.07, 6.45) is 0.